The Morgan fingerprint density at radius 2 is 1.94 bits per heavy atom. The predicted octanol–water partition coefficient (Wildman–Crippen LogP) is 4.03. The summed E-state index contributed by atoms with van der Waals surface area (Å²) in [6.07, 6.45) is 0.774. The standard InChI is InChI=1S/C23H23ClN4O4S.ClH/c24-16-5-3-8-19-21(16)25-22(33-19)27(10-4-9-26-11-13-31-14-12-26)20(29)15-28-17-6-1-2-7-18(17)32-23(28)30;/h1-3,5-8H,4,9-15H2;1H. The first-order valence-corrected chi connectivity index (χ1v) is 12.0. The Kier molecular flexibility index (Phi) is 7.90. The lowest BCUT2D eigenvalue weighted by Crippen LogP contribution is -2.40. The monoisotopic (exact) mass is 522 g/mol. The number of halogens is 2. The van der Waals surface area contributed by atoms with Gasteiger partial charge in [0.2, 0.25) is 5.91 Å². The number of hydrogen-bond acceptors (Lipinski definition) is 7. The topological polar surface area (TPSA) is 80.8 Å². The highest BCUT2D eigenvalue weighted by molar-refractivity contribution is 7.22. The minimum absolute atomic E-state index is 0. The van der Waals surface area contributed by atoms with E-state index >= 15 is 0 Å². The van der Waals surface area contributed by atoms with Gasteiger partial charge in [0, 0.05) is 26.2 Å². The van der Waals surface area contributed by atoms with Gasteiger partial charge < -0.3 is 9.15 Å². The fourth-order valence-electron chi connectivity index (χ4n) is 4.01. The Morgan fingerprint density at radius 3 is 2.74 bits per heavy atom. The molecule has 0 bridgehead atoms. The summed E-state index contributed by atoms with van der Waals surface area (Å²) in [7, 11) is 0. The van der Waals surface area contributed by atoms with E-state index in [9.17, 15) is 9.59 Å². The number of fused-ring (bicyclic) bond motifs is 2. The Bertz CT molecular complexity index is 1350. The van der Waals surface area contributed by atoms with Gasteiger partial charge in [-0.25, -0.2) is 9.78 Å². The molecule has 2 aromatic heterocycles. The highest BCUT2D eigenvalue weighted by Gasteiger charge is 2.23. The van der Waals surface area contributed by atoms with E-state index in [4.69, 9.17) is 20.8 Å². The molecule has 1 saturated heterocycles. The molecule has 180 valence electrons. The number of rotatable bonds is 7. The van der Waals surface area contributed by atoms with Gasteiger partial charge in [-0.1, -0.05) is 41.1 Å². The summed E-state index contributed by atoms with van der Waals surface area (Å²) in [4.78, 5) is 34.5. The fraction of sp³-hybridized carbons (Fsp3) is 0.348. The van der Waals surface area contributed by atoms with Crippen molar-refractivity contribution in [1.29, 1.82) is 0 Å². The second kappa shape index (κ2) is 10.9. The molecule has 1 aliphatic rings. The number of oxazole rings is 1. The van der Waals surface area contributed by atoms with E-state index in [1.807, 2.05) is 18.2 Å². The average molecular weight is 523 g/mol. The molecular weight excluding hydrogens is 499 g/mol. The number of aromatic nitrogens is 2. The number of thiazole rings is 1. The van der Waals surface area contributed by atoms with Crippen LogP contribution in [0.15, 0.2) is 51.7 Å². The first-order valence-electron chi connectivity index (χ1n) is 10.8. The SMILES string of the molecule is Cl.O=C(Cn1c(=O)oc2ccccc21)N(CCCN1CCOCC1)c1nc2c(Cl)cccc2s1. The van der Waals surface area contributed by atoms with Crippen LogP contribution < -0.4 is 10.7 Å². The van der Waals surface area contributed by atoms with Gasteiger partial charge >= 0.3 is 5.76 Å². The number of carbonyl (C=O) groups is 1. The van der Waals surface area contributed by atoms with Crippen LogP contribution in [0.2, 0.25) is 5.02 Å². The van der Waals surface area contributed by atoms with Crippen LogP contribution in [0.25, 0.3) is 21.3 Å². The lowest BCUT2D eigenvalue weighted by Gasteiger charge is -2.27. The maximum absolute atomic E-state index is 13.5. The molecule has 5 rings (SSSR count). The van der Waals surface area contributed by atoms with Gasteiger partial charge in [0.05, 0.1) is 28.5 Å². The molecule has 1 fully saturated rings. The molecule has 0 spiro atoms. The third-order valence-corrected chi connectivity index (χ3v) is 7.07. The Hall–Kier alpha value is -2.43. The summed E-state index contributed by atoms with van der Waals surface area (Å²) in [5.74, 6) is -0.772. The normalized spacial score (nSPS) is 14.4. The van der Waals surface area contributed by atoms with Crippen LogP contribution in [-0.2, 0) is 16.1 Å². The fourth-order valence-corrected chi connectivity index (χ4v) is 5.32. The summed E-state index contributed by atoms with van der Waals surface area (Å²) in [5.41, 5.74) is 1.73. The molecule has 0 saturated carbocycles. The molecule has 1 amide bonds. The molecular formula is C23H24Cl2N4O4S. The zero-order chi connectivity index (χ0) is 22.8. The molecule has 0 radical (unpaired) electrons. The second-order valence-electron chi connectivity index (χ2n) is 7.86. The number of nitrogens with zero attached hydrogens (tertiary/aromatic N) is 4. The van der Waals surface area contributed by atoms with Crippen LogP contribution >= 0.6 is 35.3 Å². The van der Waals surface area contributed by atoms with Gasteiger partial charge in [0.15, 0.2) is 10.7 Å². The summed E-state index contributed by atoms with van der Waals surface area (Å²) >= 11 is 7.75. The smallest absolute Gasteiger partial charge is 0.408 e. The van der Waals surface area contributed by atoms with E-state index < -0.39 is 5.76 Å². The summed E-state index contributed by atoms with van der Waals surface area (Å²) in [6, 6.07) is 12.7. The van der Waals surface area contributed by atoms with Crippen molar-refractivity contribution >= 4 is 67.7 Å². The van der Waals surface area contributed by atoms with Crippen molar-refractivity contribution in [2.75, 3.05) is 44.3 Å². The average Bonchev–Trinajstić information content (AvgIpc) is 3.39. The van der Waals surface area contributed by atoms with E-state index in [2.05, 4.69) is 9.88 Å². The van der Waals surface area contributed by atoms with Crippen LogP contribution in [0.3, 0.4) is 0 Å². The number of anilines is 1. The molecule has 11 heteroatoms. The zero-order valence-corrected chi connectivity index (χ0v) is 20.7. The summed E-state index contributed by atoms with van der Waals surface area (Å²) in [6.45, 7) is 4.45. The maximum atomic E-state index is 13.5. The minimum atomic E-state index is -0.551. The zero-order valence-electron chi connectivity index (χ0n) is 18.3. The molecule has 0 N–H and O–H groups in total. The summed E-state index contributed by atoms with van der Waals surface area (Å²) in [5, 5.41) is 1.12. The summed E-state index contributed by atoms with van der Waals surface area (Å²) < 4.78 is 13.0. The lowest BCUT2D eigenvalue weighted by atomic mass is 10.3. The van der Waals surface area contributed by atoms with Crippen molar-refractivity contribution in [3.8, 4) is 0 Å². The van der Waals surface area contributed by atoms with Crippen LogP contribution in [0.1, 0.15) is 6.42 Å². The number of morpholine rings is 1. The van der Waals surface area contributed by atoms with Crippen molar-refractivity contribution in [3.05, 3.63) is 58.0 Å². The van der Waals surface area contributed by atoms with E-state index in [1.165, 1.54) is 15.9 Å². The third-order valence-electron chi connectivity index (χ3n) is 5.72. The van der Waals surface area contributed by atoms with Gasteiger partial charge in [-0.15, -0.1) is 12.4 Å². The molecule has 2 aromatic carbocycles. The number of benzene rings is 2. The molecule has 8 nitrogen and oxygen atoms in total. The van der Waals surface area contributed by atoms with E-state index in [1.54, 1.807) is 29.2 Å². The van der Waals surface area contributed by atoms with Gasteiger partial charge in [-0.2, -0.15) is 0 Å². The van der Waals surface area contributed by atoms with Gasteiger partial charge in [0.1, 0.15) is 12.1 Å². The highest BCUT2D eigenvalue weighted by Crippen LogP contribution is 2.33. The minimum Gasteiger partial charge on any atom is -0.408 e. The van der Waals surface area contributed by atoms with Crippen LogP contribution in [0.5, 0.6) is 0 Å². The van der Waals surface area contributed by atoms with E-state index in [0.29, 0.717) is 33.3 Å². The second-order valence-corrected chi connectivity index (χ2v) is 9.27. The maximum Gasteiger partial charge on any atom is 0.420 e. The number of para-hydroxylation sites is 3. The number of carbonyl (C=O) groups excluding carboxylic acids is 1. The first-order chi connectivity index (χ1) is 16.1. The first kappa shape index (κ1) is 24.7. The van der Waals surface area contributed by atoms with Gasteiger partial charge in [0.25, 0.3) is 0 Å². The number of amides is 1. The predicted molar refractivity (Wildman–Crippen MR) is 137 cm³/mol. The largest absolute Gasteiger partial charge is 0.420 e. The molecule has 0 aliphatic carbocycles. The molecule has 4 aromatic rings. The molecule has 1 aliphatic heterocycles. The van der Waals surface area contributed by atoms with Gasteiger partial charge in [-0.3, -0.25) is 19.2 Å². The van der Waals surface area contributed by atoms with E-state index in [0.717, 1.165) is 44.0 Å². The van der Waals surface area contributed by atoms with Crippen molar-refractivity contribution in [2.24, 2.45) is 0 Å². The van der Waals surface area contributed by atoms with Crippen molar-refractivity contribution in [3.63, 3.8) is 0 Å². The molecule has 0 unspecified atom stereocenters. The Morgan fingerprint density at radius 1 is 1.15 bits per heavy atom. The number of ether oxygens (including phenoxy) is 1. The van der Waals surface area contributed by atoms with Crippen LogP contribution in [0, 0.1) is 0 Å². The number of hydrogen-bond donors (Lipinski definition) is 0. The lowest BCUT2D eigenvalue weighted by molar-refractivity contribution is -0.119. The molecule has 0 atom stereocenters. The highest BCUT2D eigenvalue weighted by atomic mass is 35.5. The van der Waals surface area contributed by atoms with Crippen LogP contribution in [-0.4, -0.2) is 59.8 Å². The Labute approximate surface area is 211 Å². The third kappa shape index (κ3) is 5.13. The Balaban J connectivity index is 0.00000274. The van der Waals surface area contributed by atoms with Crippen molar-refractivity contribution in [2.45, 2.75) is 13.0 Å². The van der Waals surface area contributed by atoms with Gasteiger partial charge in [-0.05, 0) is 30.7 Å². The molecule has 3 heterocycles. The van der Waals surface area contributed by atoms with Crippen molar-refractivity contribution in [1.82, 2.24) is 14.5 Å². The van der Waals surface area contributed by atoms with E-state index in [-0.39, 0.29) is 24.9 Å². The quantitative estimate of drug-likeness (QED) is 0.364. The van der Waals surface area contributed by atoms with Crippen LogP contribution in [0.4, 0.5) is 5.13 Å². The molecule has 34 heavy (non-hydrogen) atoms. The van der Waals surface area contributed by atoms with Crippen molar-refractivity contribution < 1.29 is 13.9 Å².